The molecule has 2 N–H and O–H groups in total. The van der Waals surface area contributed by atoms with Gasteiger partial charge in [0.05, 0.1) is 0 Å². The molecule has 2 rings (SSSR count). The third-order valence-electron chi connectivity index (χ3n) is 3.75. The first-order valence-electron chi connectivity index (χ1n) is 7.29. The highest BCUT2D eigenvalue weighted by Gasteiger charge is 2.21. The van der Waals surface area contributed by atoms with Crippen LogP contribution in [0, 0.1) is 6.92 Å². The molecule has 0 amide bonds. The molecule has 0 heterocycles. The van der Waals surface area contributed by atoms with Crippen LogP contribution in [0.15, 0.2) is 48.5 Å². The molecule has 0 aromatic heterocycles. The maximum atomic E-state index is 6.36. The van der Waals surface area contributed by atoms with Crippen molar-refractivity contribution in [3.8, 4) is 0 Å². The van der Waals surface area contributed by atoms with Crippen molar-refractivity contribution in [2.75, 3.05) is 0 Å². The predicted octanol–water partition coefficient (Wildman–Crippen LogP) is 5.36. The van der Waals surface area contributed by atoms with Crippen LogP contribution in [-0.2, 0) is 5.75 Å². The van der Waals surface area contributed by atoms with Gasteiger partial charge in [-0.05, 0) is 36.1 Å². The third-order valence-corrected chi connectivity index (χ3v) is 5.54. The zero-order valence-electron chi connectivity index (χ0n) is 12.6. The van der Waals surface area contributed by atoms with Gasteiger partial charge in [-0.3, -0.25) is 0 Å². The molecule has 21 heavy (non-hydrogen) atoms. The zero-order chi connectivity index (χ0) is 15.2. The summed E-state index contributed by atoms with van der Waals surface area (Å²) in [4.78, 5) is 0. The minimum Gasteiger partial charge on any atom is -0.326 e. The van der Waals surface area contributed by atoms with Gasteiger partial charge in [-0.2, -0.15) is 0 Å². The smallest absolute Gasteiger partial charge is 0.0466 e. The summed E-state index contributed by atoms with van der Waals surface area (Å²) in [6.45, 7) is 4.28. The topological polar surface area (TPSA) is 26.0 Å². The number of halogens is 1. The van der Waals surface area contributed by atoms with Gasteiger partial charge in [0.25, 0.3) is 0 Å². The van der Waals surface area contributed by atoms with Gasteiger partial charge in [0.15, 0.2) is 0 Å². The summed E-state index contributed by atoms with van der Waals surface area (Å²) in [5.41, 5.74) is 10.2. The molecule has 2 aromatic carbocycles. The van der Waals surface area contributed by atoms with E-state index < -0.39 is 0 Å². The summed E-state index contributed by atoms with van der Waals surface area (Å²) in [5.74, 6) is 0.955. The molecule has 2 aromatic rings. The van der Waals surface area contributed by atoms with Gasteiger partial charge in [-0.25, -0.2) is 0 Å². The lowest BCUT2D eigenvalue weighted by Gasteiger charge is -2.24. The SMILES string of the molecule is CCC(N)C(SCc1ccccc1C)c1ccccc1Cl. The van der Waals surface area contributed by atoms with Gasteiger partial charge < -0.3 is 5.73 Å². The van der Waals surface area contributed by atoms with Crippen LogP contribution in [-0.4, -0.2) is 6.04 Å². The average Bonchev–Trinajstić information content (AvgIpc) is 2.50. The maximum Gasteiger partial charge on any atom is 0.0466 e. The van der Waals surface area contributed by atoms with E-state index in [2.05, 4.69) is 44.2 Å². The van der Waals surface area contributed by atoms with E-state index in [1.54, 1.807) is 0 Å². The van der Waals surface area contributed by atoms with E-state index in [4.69, 9.17) is 17.3 Å². The van der Waals surface area contributed by atoms with Crippen molar-refractivity contribution in [2.24, 2.45) is 5.73 Å². The normalized spacial score (nSPS) is 13.9. The Morgan fingerprint density at radius 3 is 2.43 bits per heavy atom. The number of thioether (sulfide) groups is 1. The van der Waals surface area contributed by atoms with E-state index >= 15 is 0 Å². The Hall–Kier alpha value is -0.960. The van der Waals surface area contributed by atoms with Crippen LogP contribution in [0.1, 0.15) is 35.3 Å². The maximum absolute atomic E-state index is 6.36. The van der Waals surface area contributed by atoms with Crippen LogP contribution in [0.4, 0.5) is 0 Å². The van der Waals surface area contributed by atoms with Gasteiger partial charge in [-0.15, -0.1) is 11.8 Å². The lowest BCUT2D eigenvalue weighted by Crippen LogP contribution is -2.26. The largest absolute Gasteiger partial charge is 0.326 e. The van der Waals surface area contributed by atoms with E-state index in [0.717, 1.165) is 22.8 Å². The fraction of sp³-hybridized carbons (Fsp3) is 0.333. The van der Waals surface area contributed by atoms with Crippen molar-refractivity contribution in [1.29, 1.82) is 0 Å². The van der Waals surface area contributed by atoms with Crippen molar-refractivity contribution in [3.05, 3.63) is 70.2 Å². The summed E-state index contributed by atoms with van der Waals surface area (Å²) in [6, 6.07) is 16.6. The molecule has 0 bridgehead atoms. The quantitative estimate of drug-likeness (QED) is 0.775. The van der Waals surface area contributed by atoms with E-state index in [1.165, 1.54) is 11.1 Å². The average molecular weight is 320 g/mol. The minimum absolute atomic E-state index is 0.110. The van der Waals surface area contributed by atoms with Gasteiger partial charge >= 0.3 is 0 Å². The van der Waals surface area contributed by atoms with Gasteiger partial charge in [-0.1, -0.05) is 61.0 Å². The van der Waals surface area contributed by atoms with Crippen LogP contribution >= 0.6 is 23.4 Å². The van der Waals surface area contributed by atoms with Crippen LogP contribution in [0.5, 0.6) is 0 Å². The highest BCUT2D eigenvalue weighted by atomic mass is 35.5. The Kier molecular flexibility index (Phi) is 6.16. The first-order valence-corrected chi connectivity index (χ1v) is 8.72. The predicted molar refractivity (Wildman–Crippen MR) is 94.9 cm³/mol. The Labute approximate surface area is 136 Å². The molecule has 0 aliphatic rings. The zero-order valence-corrected chi connectivity index (χ0v) is 14.1. The lowest BCUT2D eigenvalue weighted by atomic mass is 10.0. The van der Waals surface area contributed by atoms with E-state index in [1.807, 2.05) is 30.0 Å². The molecule has 0 radical (unpaired) electrons. The van der Waals surface area contributed by atoms with Crippen LogP contribution in [0.3, 0.4) is 0 Å². The Morgan fingerprint density at radius 2 is 1.76 bits per heavy atom. The molecule has 0 saturated heterocycles. The Morgan fingerprint density at radius 1 is 1.10 bits per heavy atom. The molecule has 3 heteroatoms. The second-order valence-electron chi connectivity index (χ2n) is 5.25. The second-order valence-corrected chi connectivity index (χ2v) is 6.79. The van der Waals surface area contributed by atoms with Crippen molar-refractivity contribution in [1.82, 2.24) is 0 Å². The summed E-state index contributed by atoms with van der Waals surface area (Å²) >= 11 is 8.24. The molecular weight excluding hydrogens is 298 g/mol. The third kappa shape index (κ3) is 4.26. The number of benzene rings is 2. The van der Waals surface area contributed by atoms with Crippen LogP contribution < -0.4 is 5.73 Å². The van der Waals surface area contributed by atoms with Crippen LogP contribution in [0.2, 0.25) is 5.02 Å². The summed E-state index contributed by atoms with van der Waals surface area (Å²) < 4.78 is 0. The molecule has 0 aliphatic carbocycles. The summed E-state index contributed by atoms with van der Waals surface area (Å²) in [6.07, 6.45) is 0.941. The fourth-order valence-corrected chi connectivity index (χ4v) is 4.14. The highest BCUT2D eigenvalue weighted by Crippen LogP contribution is 2.38. The molecular formula is C18H22ClNS. The summed E-state index contributed by atoms with van der Waals surface area (Å²) in [7, 11) is 0. The monoisotopic (exact) mass is 319 g/mol. The number of rotatable bonds is 6. The molecule has 0 saturated carbocycles. The first-order chi connectivity index (χ1) is 10.1. The van der Waals surface area contributed by atoms with Gasteiger partial charge in [0.2, 0.25) is 0 Å². The molecule has 112 valence electrons. The van der Waals surface area contributed by atoms with Crippen LogP contribution in [0.25, 0.3) is 0 Å². The molecule has 1 nitrogen and oxygen atoms in total. The minimum atomic E-state index is 0.110. The van der Waals surface area contributed by atoms with Gasteiger partial charge in [0, 0.05) is 22.1 Å². The van der Waals surface area contributed by atoms with E-state index in [0.29, 0.717) is 0 Å². The van der Waals surface area contributed by atoms with E-state index in [-0.39, 0.29) is 11.3 Å². The highest BCUT2D eigenvalue weighted by molar-refractivity contribution is 7.98. The molecule has 0 spiro atoms. The molecule has 2 unspecified atom stereocenters. The molecule has 0 fully saturated rings. The standard InChI is InChI=1S/C18H22ClNS/c1-3-17(20)18(15-10-6-7-11-16(15)19)21-12-14-9-5-4-8-13(14)2/h4-11,17-18H,3,12,20H2,1-2H3. The van der Waals surface area contributed by atoms with Crippen molar-refractivity contribution < 1.29 is 0 Å². The number of hydrogen-bond acceptors (Lipinski definition) is 2. The number of nitrogens with two attached hydrogens (primary N) is 1. The lowest BCUT2D eigenvalue weighted by molar-refractivity contribution is 0.634. The second kappa shape index (κ2) is 7.88. The van der Waals surface area contributed by atoms with Crippen molar-refractivity contribution in [2.45, 2.75) is 37.3 Å². The number of aryl methyl sites for hydroxylation is 1. The fourth-order valence-electron chi connectivity index (χ4n) is 2.32. The Balaban J connectivity index is 2.18. The Bertz CT molecular complexity index is 585. The van der Waals surface area contributed by atoms with E-state index in [9.17, 15) is 0 Å². The molecule has 0 aliphatic heterocycles. The first kappa shape index (κ1) is 16.4. The van der Waals surface area contributed by atoms with Crippen molar-refractivity contribution >= 4 is 23.4 Å². The van der Waals surface area contributed by atoms with Gasteiger partial charge in [0.1, 0.15) is 0 Å². The summed E-state index contributed by atoms with van der Waals surface area (Å²) in [5, 5.41) is 1.03. The van der Waals surface area contributed by atoms with Crippen molar-refractivity contribution in [3.63, 3.8) is 0 Å². The molecule has 2 atom stereocenters. The number of hydrogen-bond donors (Lipinski definition) is 1.